The van der Waals surface area contributed by atoms with E-state index >= 15 is 0 Å². The third kappa shape index (κ3) is 2.94. The van der Waals surface area contributed by atoms with Crippen LogP contribution in [-0.4, -0.2) is 7.11 Å². The van der Waals surface area contributed by atoms with Crippen molar-refractivity contribution in [2.24, 2.45) is 5.84 Å². The first-order chi connectivity index (χ1) is 10.2. The minimum Gasteiger partial charge on any atom is -0.494 e. The Morgan fingerprint density at radius 3 is 2.81 bits per heavy atom. The zero-order valence-electron chi connectivity index (χ0n) is 11.4. The van der Waals surface area contributed by atoms with E-state index < -0.39 is 0 Å². The van der Waals surface area contributed by atoms with Crippen LogP contribution in [0.3, 0.4) is 0 Å². The van der Waals surface area contributed by atoms with E-state index in [9.17, 15) is 4.39 Å². The standard InChI is InChI=1S/C15H15FN2OS2/c1-19-12-3-2-9(6-10(12)16)7-11(18-17)14-8-15-13(21-14)4-5-20-15/h2-6,8,11,18H,7,17H2,1H3. The largest absolute Gasteiger partial charge is 0.494 e. The molecule has 6 heteroatoms. The van der Waals surface area contributed by atoms with E-state index in [1.165, 1.54) is 22.6 Å². The van der Waals surface area contributed by atoms with E-state index in [0.717, 1.165) is 10.4 Å². The van der Waals surface area contributed by atoms with Crippen LogP contribution in [0.2, 0.25) is 0 Å². The highest BCUT2D eigenvalue weighted by Gasteiger charge is 2.15. The molecule has 0 amide bonds. The number of hydrogen-bond donors (Lipinski definition) is 2. The average Bonchev–Trinajstić information content (AvgIpc) is 3.06. The van der Waals surface area contributed by atoms with Crippen molar-refractivity contribution in [1.82, 2.24) is 5.43 Å². The Balaban J connectivity index is 1.83. The maximum atomic E-state index is 13.8. The lowest BCUT2D eigenvalue weighted by Crippen LogP contribution is -2.28. The molecule has 0 fully saturated rings. The highest BCUT2D eigenvalue weighted by atomic mass is 32.1. The van der Waals surface area contributed by atoms with Crippen LogP contribution in [0.4, 0.5) is 4.39 Å². The Morgan fingerprint density at radius 2 is 2.14 bits per heavy atom. The number of ether oxygens (including phenoxy) is 1. The van der Waals surface area contributed by atoms with E-state index in [1.807, 2.05) is 6.07 Å². The fourth-order valence-electron chi connectivity index (χ4n) is 2.27. The van der Waals surface area contributed by atoms with Crippen LogP contribution in [0.5, 0.6) is 5.75 Å². The predicted octanol–water partition coefficient (Wildman–Crippen LogP) is 3.86. The van der Waals surface area contributed by atoms with Gasteiger partial charge >= 0.3 is 0 Å². The number of hydrogen-bond acceptors (Lipinski definition) is 5. The van der Waals surface area contributed by atoms with Gasteiger partial charge in [0.2, 0.25) is 0 Å². The molecule has 21 heavy (non-hydrogen) atoms. The number of rotatable bonds is 5. The lowest BCUT2D eigenvalue weighted by Gasteiger charge is -2.14. The Hall–Kier alpha value is -1.47. The number of nitrogens with one attached hydrogen (secondary N) is 1. The fraction of sp³-hybridized carbons (Fsp3) is 0.200. The van der Waals surface area contributed by atoms with Crippen molar-refractivity contribution >= 4 is 32.1 Å². The molecular weight excluding hydrogens is 307 g/mol. The normalized spacial score (nSPS) is 12.7. The van der Waals surface area contributed by atoms with Gasteiger partial charge in [-0.2, -0.15) is 0 Å². The first-order valence-corrected chi connectivity index (χ1v) is 8.16. The van der Waals surface area contributed by atoms with Crippen LogP contribution in [-0.2, 0) is 6.42 Å². The maximum absolute atomic E-state index is 13.8. The van der Waals surface area contributed by atoms with Gasteiger partial charge in [-0.05, 0) is 41.6 Å². The lowest BCUT2D eigenvalue weighted by molar-refractivity contribution is 0.386. The summed E-state index contributed by atoms with van der Waals surface area (Å²) in [7, 11) is 1.46. The lowest BCUT2D eigenvalue weighted by atomic mass is 10.0. The number of thiophene rings is 2. The number of fused-ring (bicyclic) bond motifs is 1. The van der Waals surface area contributed by atoms with E-state index in [-0.39, 0.29) is 17.6 Å². The van der Waals surface area contributed by atoms with Crippen LogP contribution >= 0.6 is 22.7 Å². The molecule has 1 aromatic carbocycles. The van der Waals surface area contributed by atoms with Crippen molar-refractivity contribution in [2.75, 3.05) is 7.11 Å². The number of halogens is 1. The van der Waals surface area contributed by atoms with Crippen LogP contribution in [0.1, 0.15) is 16.5 Å². The number of methoxy groups -OCH3 is 1. The second kappa shape index (κ2) is 6.11. The van der Waals surface area contributed by atoms with Crippen molar-refractivity contribution in [2.45, 2.75) is 12.5 Å². The molecule has 1 atom stereocenters. The Labute approximate surface area is 130 Å². The summed E-state index contributed by atoms with van der Waals surface area (Å²) in [5.74, 6) is 5.59. The van der Waals surface area contributed by atoms with Gasteiger partial charge in [0.05, 0.1) is 13.2 Å². The molecule has 0 spiro atoms. The van der Waals surface area contributed by atoms with Gasteiger partial charge in [-0.1, -0.05) is 6.07 Å². The molecule has 3 nitrogen and oxygen atoms in total. The number of benzene rings is 1. The molecule has 3 rings (SSSR count). The number of hydrazine groups is 1. The van der Waals surface area contributed by atoms with Crippen molar-refractivity contribution < 1.29 is 9.13 Å². The molecule has 0 saturated heterocycles. The highest BCUT2D eigenvalue weighted by Crippen LogP contribution is 2.34. The molecule has 0 radical (unpaired) electrons. The molecule has 3 aromatic rings. The molecule has 3 N–H and O–H groups in total. The second-order valence-corrected chi connectivity index (χ2v) is 6.75. The van der Waals surface area contributed by atoms with Crippen molar-refractivity contribution in [3.05, 3.63) is 52.0 Å². The molecule has 2 heterocycles. The molecule has 0 aliphatic carbocycles. The number of nitrogens with two attached hydrogens (primary N) is 1. The highest BCUT2D eigenvalue weighted by molar-refractivity contribution is 7.26. The summed E-state index contributed by atoms with van der Waals surface area (Å²) in [5.41, 5.74) is 3.71. The SMILES string of the molecule is COc1ccc(CC(NN)c2cc3sccc3s2)cc1F. The maximum Gasteiger partial charge on any atom is 0.165 e. The van der Waals surface area contributed by atoms with Gasteiger partial charge in [-0.3, -0.25) is 11.3 Å². The van der Waals surface area contributed by atoms with Gasteiger partial charge in [-0.25, -0.2) is 4.39 Å². The Bertz CT molecular complexity index is 725. The summed E-state index contributed by atoms with van der Waals surface area (Å²) in [6, 6.07) is 9.23. The molecule has 110 valence electrons. The predicted molar refractivity (Wildman–Crippen MR) is 86.4 cm³/mol. The van der Waals surface area contributed by atoms with Crippen molar-refractivity contribution in [3.63, 3.8) is 0 Å². The van der Waals surface area contributed by atoms with Crippen molar-refractivity contribution in [3.8, 4) is 5.75 Å². The molecule has 0 bridgehead atoms. The first-order valence-electron chi connectivity index (χ1n) is 6.46. The fourth-order valence-corrected chi connectivity index (χ4v) is 4.45. The Morgan fingerprint density at radius 1 is 1.29 bits per heavy atom. The van der Waals surface area contributed by atoms with Crippen LogP contribution in [0.15, 0.2) is 35.7 Å². The summed E-state index contributed by atoms with van der Waals surface area (Å²) in [6.45, 7) is 0. The summed E-state index contributed by atoms with van der Waals surface area (Å²) in [6.07, 6.45) is 0.630. The summed E-state index contributed by atoms with van der Waals surface area (Å²) in [4.78, 5) is 1.16. The average molecular weight is 322 g/mol. The molecule has 0 saturated carbocycles. The summed E-state index contributed by atoms with van der Waals surface area (Å²) < 4.78 is 21.2. The van der Waals surface area contributed by atoms with E-state index in [2.05, 4.69) is 22.9 Å². The van der Waals surface area contributed by atoms with Crippen LogP contribution < -0.4 is 16.0 Å². The van der Waals surface area contributed by atoms with Gasteiger partial charge in [0.15, 0.2) is 11.6 Å². The quantitative estimate of drug-likeness (QED) is 0.554. The third-order valence-electron chi connectivity index (χ3n) is 3.36. The summed E-state index contributed by atoms with van der Waals surface area (Å²) >= 11 is 3.43. The van der Waals surface area contributed by atoms with E-state index in [4.69, 9.17) is 10.6 Å². The van der Waals surface area contributed by atoms with E-state index in [0.29, 0.717) is 6.42 Å². The van der Waals surface area contributed by atoms with Crippen molar-refractivity contribution in [1.29, 1.82) is 0 Å². The Kier molecular flexibility index (Phi) is 4.21. The first kappa shape index (κ1) is 14.5. The van der Waals surface area contributed by atoms with Gasteiger partial charge in [0.25, 0.3) is 0 Å². The van der Waals surface area contributed by atoms with Gasteiger partial charge in [0, 0.05) is 14.3 Å². The van der Waals surface area contributed by atoms with Crippen LogP contribution in [0.25, 0.3) is 9.40 Å². The third-order valence-corrected chi connectivity index (χ3v) is 5.57. The topological polar surface area (TPSA) is 47.3 Å². The molecule has 0 aliphatic rings. The monoisotopic (exact) mass is 322 g/mol. The molecular formula is C15H15FN2OS2. The minimum atomic E-state index is -0.349. The van der Waals surface area contributed by atoms with Crippen LogP contribution in [0, 0.1) is 5.82 Å². The zero-order valence-corrected chi connectivity index (χ0v) is 13.1. The second-order valence-electron chi connectivity index (χ2n) is 4.69. The van der Waals surface area contributed by atoms with Gasteiger partial charge in [0.1, 0.15) is 0 Å². The molecule has 1 unspecified atom stereocenters. The smallest absolute Gasteiger partial charge is 0.165 e. The molecule has 0 aliphatic heterocycles. The molecule has 2 aromatic heterocycles. The minimum absolute atomic E-state index is 0.0256. The van der Waals surface area contributed by atoms with Gasteiger partial charge in [-0.15, -0.1) is 22.7 Å². The zero-order chi connectivity index (χ0) is 14.8. The summed E-state index contributed by atoms with van der Waals surface area (Å²) in [5, 5.41) is 2.08. The van der Waals surface area contributed by atoms with Gasteiger partial charge < -0.3 is 4.74 Å². The van der Waals surface area contributed by atoms with E-state index in [1.54, 1.807) is 28.7 Å².